The maximum Gasteiger partial charge on any atom is 0.0912 e. The predicted octanol–water partition coefficient (Wildman–Crippen LogP) is 4.41. The van der Waals surface area contributed by atoms with Gasteiger partial charge in [-0.25, -0.2) is 0 Å². The number of fused-ring (bicyclic) bond motifs is 1. The Kier molecular flexibility index (Phi) is 4.56. The van der Waals surface area contributed by atoms with Crippen molar-refractivity contribution in [3.05, 3.63) is 107 Å². The van der Waals surface area contributed by atoms with Gasteiger partial charge in [-0.2, -0.15) is 5.10 Å². The van der Waals surface area contributed by atoms with Crippen LogP contribution in [0.5, 0.6) is 0 Å². The molecule has 2 aliphatic carbocycles. The number of allylic oxidation sites excluding steroid dienone is 10. The molecule has 2 N–H and O–H groups in total. The van der Waals surface area contributed by atoms with Crippen LogP contribution in [0.1, 0.15) is 11.3 Å². The number of aromatic amines is 1. The summed E-state index contributed by atoms with van der Waals surface area (Å²) < 4.78 is 0. The van der Waals surface area contributed by atoms with E-state index in [2.05, 4.69) is 62.7 Å². The van der Waals surface area contributed by atoms with Crippen LogP contribution in [-0.2, 0) is 0 Å². The third kappa shape index (κ3) is 3.52. The highest BCUT2D eigenvalue weighted by Gasteiger charge is 2.13. The highest BCUT2D eigenvalue weighted by molar-refractivity contribution is 5.84. The molecule has 2 aromatic heterocycles. The second kappa shape index (κ2) is 7.32. The van der Waals surface area contributed by atoms with Crippen molar-refractivity contribution in [2.45, 2.75) is 6.92 Å². The van der Waals surface area contributed by atoms with Crippen LogP contribution < -0.4 is 5.32 Å². The van der Waals surface area contributed by atoms with Gasteiger partial charge in [-0.3, -0.25) is 10.1 Å². The quantitative estimate of drug-likeness (QED) is 0.804. The van der Waals surface area contributed by atoms with E-state index in [4.69, 9.17) is 0 Å². The first-order chi connectivity index (χ1) is 13.2. The fourth-order valence-corrected chi connectivity index (χ4v) is 3.08. The molecule has 0 atom stereocenters. The van der Waals surface area contributed by atoms with E-state index in [-0.39, 0.29) is 0 Å². The summed E-state index contributed by atoms with van der Waals surface area (Å²) in [6, 6.07) is 5.99. The van der Waals surface area contributed by atoms with Crippen molar-refractivity contribution in [1.82, 2.24) is 20.5 Å². The maximum absolute atomic E-state index is 4.62. The number of aryl methyl sites for hydroxylation is 1. The Morgan fingerprint density at radius 2 is 2.00 bits per heavy atom. The van der Waals surface area contributed by atoms with E-state index in [1.54, 1.807) is 0 Å². The van der Waals surface area contributed by atoms with Crippen LogP contribution in [0.2, 0.25) is 0 Å². The minimum Gasteiger partial charge on any atom is -0.388 e. The average molecular weight is 352 g/mol. The molecule has 2 aliphatic rings. The molecule has 0 aromatic carbocycles. The van der Waals surface area contributed by atoms with E-state index < -0.39 is 0 Å². The summed E-state index contributed by atoms with van der Waals surface area (Å²) in [7, 11) is 1.92. The molecular weight excluding hydrogens is 332 g/mol. The lowest BCUT2D eigenvalue weighted by atomic mass is 9.97. The normalized spacial score (nSPS) is 19.9. The lowest BCUT2D eigenvalue weighted by Gasteiger charge is -2.08. The van der Waals surface area contributed by atoms with Crippen molar-refractivity contribution >= 4 is 5.57 Å². The Morgan fingerprint density at radius 1 is 1.07 bits per heavy atom. The summed E-state index contributed by atoms with van der Waals surface area (Å²) in [6.07, 6.45) is 18.4. The van der Waals surface area contributed by atoms with Gasteiger partial charge in [0.25, 0.3) is 0 Å². The third-order valence-electron chi connectivity index (χ3n) is 4.49. The number of rotatable bonds is 3. The monoisotopic (exact) mass is 352 g/mol. The van der Waals surface area contributed by atoms with Crippen LogP contribution in [0.4, 0.5) is 0 Å². The van der Waals surface area contributed by atoms with Crippen LogP contribution in [-0.4, -0.2) is 22.2 Å². The van der Waals surface area contributed by atoms with E-state index >= 15 is 0 Å². The molecule has 132 valence electrons. The summed E-state index contributed by atoms with van der Waals surface area (Å²) in [5.74, 6) is 0. The molecule has 2 heterocycles. The van der Waals surface area contributed by atoms with Crippen LogP contribution in [0.3, 0.4) is 0 Å². The van der Waals surface area contributed by atoms with E-state index in [0.29, 0.717) is 0 Å². The molecule has 4 heteroatoms. The minimum atomic E-state index is 0.889. The number of H-pyrrole nitrogens is 1. The van der Waals surface area contributed by atoms with Gasteiger partial charge in [0.05, 0.1) is 17.6 Å². The Balaban J connectivity index is 1.75. The highest BCUT2D eigenvalue weighted by atomic mass is 15.1. The molecule has 27 heavy (non-hydrogen) atoms. The van der Waals surface area contributed by atoms with E-state index in [9.17, 15) is 0 Å². The molecule has 4 nitrogen and oxygen atoms in total. The fourth-order valence-electron chi connectivity index (χ4n) is 3.08. The number of pyridine rings is 1. The summed E-state index contributed by atoms with van der Waals surface area (Å²) in [5.41, 5.74) is 11.4. The first kappa shape index (κ1) is 16.8. The molecule has 0 spiro atoms. The van der Waals surface area contributed by atoms with Gasteiger partial charge in [-0.15, -0.1) is 5.73 Å². The Hall–Kier alpha value is -3.62. The van der Waals surface area contributed by atoms with Crippen molar-refractivity contribution < 1.29 is 0 Å². The number of nitrogens with one attached hydrogen (secondary N) is 2. The molecule has 0 bridgehead atoms. The molecule has 0 fully saturated rings. The molecule has 0 saturated carbocycles. The molecular formula is C23H20N4. The van der Waals surface area contributed by atoms with Gasteiger partial charge >= 0.3 is 0 Å². The second-order valence-electron chi connectivity index (χ2n) is 6.33. The lowest BCUT2D eigenvalue weighted by Crippen LogP contribution is -2.03. The summed E-state index contributed by atoms with van der Waals surface area (Å²) in [5, 5.41) is 10.5. The molecule has 4 rings (SSSR count). The molecule has 0 aliphatic heterocycles. The van der Waals surface area contributed by atoms with Crippen LogP contribution in [0, 0.1) is 6.92 Å². The third-order valence-corrected chi connectivity index (χ3v) is 4.49. The van der Waals surface area contributed by atoms with Gasteiger partial charge in [0, 0.05) is 29.6 Å². The van der Waals surface area contributed by atoms with E-state index in [0.717, 1.165) is 45.1 Å². The number of hydrogen-bond acceptors (Lipinski definition) is 3. The van der Waals surface area contributed by atoms with Crippen molar-refractivity contribution in [3.63, 3.8) is 0 Å². The lowest BCUT2D eigenvalue weighted by molar-refractivity contribution is 1.03. The highest BCUT2D eigenvalue weighted by Crippen LogP contribution is 2.29. The van der Waals surface area contributed by atoms with Gasteiger partial charge in [0.1, 0.15) is 0 Å². The van der Waals surface area contributed by atoms with Gasteiger partial charge < -0.3 is 5.32 Å². The number of nitrogens with zero attached hydrogens (tertiary/aromatic N) is 2. The predicted molar refractivity (Wildman–Crippen MR) is 110 cm³/mol. The zero-order chi connectivity index (χ0) is 18.6. The van der Waals surface area contributed by atoms with E-state index in [1.807, 2.05) is 50.5 Å². The Bertz CT molecular complexity index is 1100. The second-order valence-corrected chi connectivity index (χ2v) is 6.33. The molecule has 0 radical (unpaired) electrons. The Labute approximate surface area is 158 Å². The van der Waals surface area contributed by atoms with Gasteiger partial charge in [0.15, 0.2) is 0 Å². The fraction of sp³-hybridized carbons (Fsp3) is 0.0870. The summed E-state index contributed by atoms with van der Waals surface area (Å²) in [6.45, 7) is 1.99. The number of likely N-dealkylation sites (N-methyl/N-ethyl adjacent to an activating group) is 1. The van der Waals surface area contributed by atoms with Crippen molar-refractivity contribution in [1.29, 1.82) is 0 Å². The molecule has 0 saturated heterocycles. The molecule has 0 amide bonds. The van der Waals surface area contributed by atoms with E-state index in [1.165, 1.54) is 0 Å². The first-order valence-electron chi connectivity index (χ1n) is 8.85. The van der Waals surface area contributed by atoms with Gasteiger partial charge in [-0.05, 0) is 54.5 Å². The smallest absolute Gasteiger partial charge is 0.0912 e. The number of aromatic nitrogens is 3. The summed E-state index contributed by atoms with van der Waals surface area (Å²) >= 11 is 0. The summed E-state index contributed by atoms with van der Waals surface area (Å²) in [4.78, 5) is 4.62. The average Bonchev–Trinajstić information content (AvgIpc) is 3.06. The SMILES string of the molecule is CNC1=CC=C=C2\C=C/C(c3cn[nH]c3-c3cccc(C)n3)=C/C=C/C2=C1. The first-order valence-corrected chi connectivity index (χ1v) is 8.85. The largest absolute Gasteiger partial charge is 0.388 e. The standard InChI is InChI=1S/C23H20N4/c1-16-6-3-11-22(26-16)23-21(15-25-27-23)18-8-4-9-19-14-20(24-2)10-5-7-17(19)12-13-18/h3-6,8-15,24H,1-2H3,(H,25,27)/b9-4+,13-12-,18-8-. The van der Waals surface area contributed by atoms with Crippen molar-refractivity contribution in [2.24, 2.45) is 0 Å². The van der Waals surface area contributed by atoms with Crippen molar-refractivity contribution in [3.8, 4) is 11.4 Å². The molecule has 0 unspecified atom stereocenters. The number of hydrogen-bond donors (Lipinski definition) is 2. The topological polar surface area (TPSA) is 53.6 Å². The van der Waals surface area contributed by atoms with Gasteiger partial charge in [0.2, 0.25) is 0 Å². The van der Waals surface area contributed by atoms with Gasteiger partial charge in [-0.1, -0.05) is 30.4 Å². The van der Waals surface area contributed by atoms with Crippen LogP contribution in [0.25, 0.3) is 17.0 Å². The zero-order valence-corrected chi connectivity index (χ0v) is 15.3. The minimum absolute atomic E-state index is 0.889. The van der Waals surface area contributed by atoms with Crippen LogP contribution >= 0.6 is 0 Å². The maximum atomic E-state index is 4.62. The van der Waals surface area contributed by atoms with Crippen LogP contribution in [0.15, 0.2) is 95.6 Å². The molecule has 2 aromatic rings. The Morgan fingerprint density at radius 3 is 2.85 bits per heavy atom. The zero-order valence-electron chi connectivity index (χ0n) is 15.3. The van der Waals surface area contributed by atoms with Crippen molar-refractivity contribution in [2.75, 3.05) is 7.05 Å².